The molecule has 0 radical (unpaired) electrons. The first-order valence-corrected chi connectivity index (χ1v) is 12.4. The van der Waals surface area contributed by atoms with Crippen molar-refractivity contribution in [1.82, 2.24) is 14.9 Å². The van der Waals surface area contributed by atoms with Gasteiger partial charge in [0, 0.05) is 48.7 Å². The van der Waals surface area contributed by atoms with E-state index in [4.69, 9.17) is 9.84 Å². The average molecular weight is 534 g/mol. The van der Waals surface area contributed by atoms with E-state index >= 15 is 0 Å². The molecule has 3 aromatic rings. The zero-order chi connectivity index (χ0) is 27.6. The smallest absolute Gasteiger partial charge is 0.301 e. The highest BCUT2D eigenvalue weighted by atomic mass is 19.3. The zero-order valence-electron chi connectivity index (χ0n) is 20.8. The van der Waals surface area contributed by atoms with E-state index < -0.39 is 31.1 Å². The summed E-state index contributed by atoms with van der Waals surface area (Å²) < 4.78 is 34.9. The highest BCUT2D eigenvalue weighted by Gasteiger charge is 2.48. The van der Waals surface area contributed by atoms with Gasteiger partial charge in [0.05, 0.1) is 17.8 Å². The number of rotatable bonds is 7. The van der Waals surface area contributed by atoms with Crippen LogP contribution in [0.5, 0.6) is 5.75 Å². The van der Waals surface area contributed by atoms with Crippen LogP contribution in [-0.4, -0.2) is 63.5 Å². The number of carbonyl (C=O) groups excluding carboxylic acids is 2. The second-order valence-electron chi connectivity index (χ2n) is 9.61. The van der Waals surface area contributed by atoms with Crippen LogP contribution >= 0.6 is 0 Å². The molecule has 2 aromatic heterocycles. The number of amides is 2. The number of nitriles is 1. The molecule has 3 heterocycles. The van der Waals surface area contributed by atoms with E-state index in [9.17, 15) is 23.6 Å². The van der Waals surface area contributed by atoms with Gasteiger partial charge in [0.1, 0.15) is 18.4 Å². The Hall–Kier alpha value is -4.43. The molecule has 11 heteroatoms. The number of carbonyl (C=O) groups is 2. The summed E-state index contributed by atoms with van der Waals surface area (Å²) in [6, 6.07) is 13.7. The minimum absolute atomic E-state index is 0.00585. The van der Waals surface area contributed by atoms with E-state index in [2.05, 4.69) is 15.3 Å². The lowest BCUT2D eigenvalue weighted by atomic mass is 10.0. The number of halogens is 2. The SMILES string of the molecule is N#Cc1cc(-c2cc(NC(=O)[C@@H]3C[C@H]3c3cccnc3)ccn2)ccc1O[C@H]1CCN(C(=O)CO)CC1(F)F. The van der Waals surface area contributed by atoms with Crippen molar-refractivity contribution in [2.75, 3.05) is 25.0 Å². The number of benzene rings is 1. The van der Waals surface area contributed by atoms with Crippen molar-refractivity contribution in [2.24, 2.45) is 5.92 Å². The monoisotopic (exact) mass is 533 g/mol. The molecular weight excluding hydrogens is 508 g/mol. The van der Waals surface area contributed by atoms with Crippen molar-refractivity contribution < 1.29 is 28.2 Å². The predicted molar refractivity (Wildman–Crippen MR) is 136 cm³/mol. The fourth-order valence-corrected chi connectivity index (χ4v) is 4.76. The lowest BCUT2D eigenvalue weighted by Crippen LogP contribution is -2.55. The number of piperidine rings is 1. The van der Waals surface area contributed by atoms with Crippen molar-refractivity contribution in [3.8, 4) is 23.1 Å². The molecule has 0 spiro atoms. The highest BCUT2D eigenvalue weighted by molar-refractivity contribution is 5.95. The standard InChI is InChI=1S/C28H25F2N5O4/c29-28(30)16-35(26(37)15-36)9-6-25(28)39-24-4-3-17(10-19(24)13-31)23-11-20(5-8-33-23)34-27(38)22-12-21(22)18-2-1-7-32-14-18/h1-5,7-8,10-11,14,21-22,25,36H,6,9,12,15-16H2,(H,33,34,38)/t21-,22+,25-/m0/s1. The molecule has 3 atom stereocenters. The molecule has 200 valence electrons. The molecule has 5 rings (SSSR count). The molecule has 2 amide bonds. The lowest BCUT2D eigenvalue weighted by Gasteiger charge is -2.38. The number of likely N-dealkylation sites (tertiary alicyclic amines) is 1. The van der Waals surface area contributed by atoms with Crippen LogP contribution in [0.25, 0.3) is 11.3 Å². The molecule has 39 heavy (non-hydrogen) atoms. The average Bonchev–Trinajstić information content (AvgIpc) is 3.76. The number of nitrogens with one attached hydrogen (secondary N) is 1. The van der Waals surface area contributed by atoms with Gasteiger partial charge in [0.15, 0.2) is 6.10 Å². The Morgan fingerprint density at radius 1 is 1.23 bits per heavy atom. The Morgan fingerprint density at radius 3 is 2.79 bits per heavy atom. The van der Waals surface area contributed by atoms with Gasteiger partial charge < -0.3 is 20.1 Å². The third-order valence-corrected chi connectivity index (χ3v) is 6.95. The van der Waals surface area contributed by atoms with Gasteiger partial charge in [-0.05, 0) is 54.3 Å². The van der Waals surface area contributed by atoms with Crippen LogP contribution in [0.2, 0.25) is 0 Å². The summed E-state index contributed by atoms with van der Waals surface area (Å²) in [6.07, 6.45) is 4.06. The van der Waals surface area contributed by atoms with Gasteiger partial charge in [0.25, 0.3) is 0 Å². The summed E-state index contributed by atoms with van der Waals surface area (Å²) in [6.45, 7) is -1.71. The van der Waals surface area contributed by atoms with Crippen LogP contribution in [0.15, 0.2) is 61.1 Å². The van der Waals surface area contributed by atoms with Gasteiger partial charge in [-0.2, -0.15) is 5.26 Å². The number of ether oxygens (including phenoxy) is 1. The molecule has 0 unspecified atom stereocenters. The number of aliphatic hydroxyl groups is 1. The van der Waals surface area contributed by atoms with E-state index in [1.54, 1.807) is 30.6 Å². The number of aliphatic hydroxyl groups excluding tert-OH is 1. The molecule has 2 N–H and O–H groups in total. The van der Waals surface area contributed by atoms with Crippen molar-refractivity contribution in [2.45, 2.75) is 30.8 Å². The second-order valence-corrected chi connectivity index (χ2v) is 9.61. The van der Waals surface area contributed by atoms with E-state index in [1.165, 1.54) is 18.3 Å². The molecule has 1 aliphatic heterocycles. The van der Waals surface area contributed by atoms with Gasteiger partial charge in [0.2, 0.25) is 11.8 Å². The minimum atomic E-state index is -3.36. The maximum atomic E-state index is 14.7. The summed E-state index contributed by atoms with van der Waals surface area (Å²) >= 11 is 0. The predicted octanol–water partition coefficient (Wildman–Crippen LogP) is 3.36. The van der Waals surface area contributed by atoms with E-state index in [0.717, 1.165) is 16.9 Å². The van der Waals surface area contributed by atoms with Crippen LogP contribution < -0.4 is 10.1 Å². The third-order valence-electron chi connectivity index (χ3n) is 6.95. The second kappa shape index (κ2) is 10.7. The van der Waals surface area contributed by atoms with Crippen LogP contribution in [0.3, 0.4) is 0 Å². The van der Waals surface area contributed by atoms with Crippen molar-refractivity contribution in [3.05, 3.63) is 72.2 Å². The molecule has 2 fully saturated rings. The molecule has 1 saturated carbocycles. The van der Waals surface area contributed by atoms with Crippen LogP contribution in [0, 0.1) is 17.2 Å². The summed E-state index contributed by atoms with van der Waals surface area (Å²) in [5, 5.41) is 21.5. The third kappa shape index (κ3) is 5.71. The fraction of sp³-hybridized carbons (Fsp3) is 0.321. The Morgan fingerprint density at radius 2 is 2.08 bits per heavy atom. The highest BCUT2D eigenvalue weighted by Crippen LogP contribution is 2.47. The van der Waals surface area contributed by atoms with Crippen molar-refractivity contribution in [3.63, 3.8) is 0 Å². The van der Waals surface area contributed by atoms with Gasteiger partial charge in [-0.1, -0.05) is 6.07 Å². The summed E-state index contributed by atoms with van der Waals surface area (Å²) in [5.74, 6) is -4.24. The maximum Gasteiger partial charge on any atom is 0.301 e. The molecule has 1 saturated heterocycles. The van der Waals surface area contributed by atoms with Gasteiger partial charge >= 0.3 is 5.92 Å². The lowest BCUT2D eigenvalue weighted by molar-refractivity contribution is -0.161. The van der Waals surface area contributed by atoms with Crippen molar-refractivity contribution >= 4 is 17.5 Å². The van der Waals surface area contributed by atoms with Crippen LogP contribution in [0.1, 0.15) is 29.9 Å². The zero-order valence-corrected chi connectivity index (χ0v) is 20.8. The largest absolute Gasteiger partial charge is 0.483 e. The van der Waals surface area contributed by atoms with E-state index in [0.29, 0.717) is 16.9 Å². The topological polar surface area (TPSA) is 128 Å². The molecule has 0 bridgehead atoms. The summed E-state index contributed by atoms with van der Waals surface area (Å²) in [5.41, 5.74) is 2.65. The maximum absolute atomic E-state index is 14.7. The van der Waals surface area contributed by atoms with Gasteiger partial charge in [-0.25, -0.2) is 8.78 Å². The number of hydrogen-bond acceptors (Lipinski definition) is 7. The Kier molecular flexibility index (Phi) is 7.21. The van der Waals surface area contributed by atoms with Crippen molar-refractivity contribution in [1.29, 1.82) is 5.26 Å². The summed E-state index contributed by atoms with van der Waals surface area (Å²) in [7, 11) is 0. The molecule has 1 aliphatic carbocycles. The van der Waals surface area contributed by atoms with Gasteiger partial charge in [-0.3, -0.25) is 19.6 Å². The Bertz CT molecular complexity index is 1430. The normalized spacial score (nSPS) is 21.5. The fourth-order valence-electron chi connectivity index (χ4n) is 4.76. The number of anilines is 1. The van der Waals surface area contributed by atoms with Crippen LogP contribution in [-0.2, 0) is 9.59 Å². The molecule has 1 aromatic carbocycles. The Labute approximate surface area is 223 Å². The van der Waals surface area contributed by atoms with E-state index in [1.807, 2.05) is 18.2 Å². The number of nitrogens with zero attached hydrogens (tertiary/aromatic N) is 4. The first-order chi connectivity index (χ1) is 18.8. The molecular formula is C28H25F2N5O4. The summed E-state index contributed by atoms with van der Waals surface area (Å²) in [4.78, 5) is 33.7. The minimum Gasteiger partial charge on any atom is -0.483 e. The van der Waals surface area contributed by atoms with Crippen LogP contribution in [0.4, 0.5) is 14.5 Å². The number of aromatic nitrogens is 2. The Balaban J connectivity index is 1.27. The van der Waals surface area contributed by atoms with E-state index in [-0.39, 0.29) is 42.0 Å². The first-order valence-electron chi connectivity index (χ1n) is 12.4. The number of hydrogen-bond donors (Lipinski definition) is 2. The van der Waals surface area contributed by atoms with Gasteiger partial charge in [-0.15, -0.1) is 0 Å². The molecule has 9 nitrogen and oxygen atoms in total. The quantitative estimate of drug-likeness (QED) is 0.477. The number of pyridine rings is 2. The molecule has 2 aliphatic rings. The number of alkyl halides is 2. The first kappa shape index (κ1) is 26.2.